The molecule has 0 spiro atoms. The van der Waals surface area contributed by atoms with Crippen molar-refractivity contribution in [1.29, 1.82) is 0 Å². The van der Waals surface area contributed by atoms with Gasteiger partial charge in [-0.05, 0) is 7.05 Å². The number of aromatic nitrogens is 1. The molecule has 0 aromatic carbocycles. The number of oxazole rings is 1. The van der Waals surface area contributed by atoms with E-state index in [1.807, 2.05) is 0 Å². The monoisotopic (exact) mass is 266 g/mol. The summed E-state index contributed by atoms with van der Waals surface area (Å²) >= 11 is 0. The van der Waals surface area contributed by atoms with Gasteiger partial charge in [-0.3, -0.25) is 9.59 Å². The van der Waals surface area contributed by atoms with Crippen molar-refractivity contribution in [3.05, 3.63) is 17.8 Å². The summed E-state index contributed by atoms with van der Waals surface area (Å²) in [5.41, 5.74) is 0. The van der Waals surface area contributed by atoms with Crippen LogP contribution in [0.5, 0.6) is 0 Å². The molecular weight excluding hydrogens is 248 g/mol. The van der Waals surface area contributed by atoms with E-state index in [1.54, 1.807) is 16.8 Å². The molecule has 7 heteroatoms. The molecule has 0 atom stereocenters. The van der Waals surface area contributed by atoms with Crippen molar-refractivity contribution in [2.24, 2.45) is 0 Å². The molecule has 1 aliphatic heterocycles. The van der Waals surface area contributed by atoms with Gasteiger partial charge >= 0.3 is 0 Å². The molecule has 1 N–H and O–H groups in total. The Hall–Kier alpha value is -1.89. The van der Waals surface area contributed by atoms with E-state index < -0.39 is 0 Å². The van der Waals surface area contributed by atoms with Crippen LogP contribution in [0.2, 0.25) is 0 Å². The number of nitrogens with one attached hydrogen (secondary N) is 1. The van der Waals surface area contributed by atoms with Crippen molar-refractivity contribution < 1.29 is 14.0 Å². The second-order valence-corrected chi connectivity index (χ2v) is 4.45. The number of amides is 2. The second kappa shape index (κ2) is 5.83. The zero-order valence-corrected chi connectivity index (χ0v) is 11.2. The van der Waals surface area contributed by atoms with Crippen molar-refractivity contribution in [2.45, 2.75) is 13.5 Å². The zero-order chi connectivity index (χ0) is 13.8. The summed E-state index contributed by atoms with van der Waals surface area (Å²) in [6, 6.07) is 0. The lowest BCUT2D eigenvalue weighted by Crippen LogP contribution is -2.50. The molecule has 104 valence electrons. The first-order chi connectivity index (χ1) is 9.11. The fraction of sp³-hybridized carbons (Fsp3) is 0.583. The van der Waals surface area contributed by atoms with Crippen molar-refractivity contribution in [3.63, 3.8) is 0 Å². The maximum atomic E-state index is 12.2. The van der Waals surface area contributed by atoms with Crippen molar-refractivity contribution >= 4 is 11.8 Å². The van der Waals surface area contributed by atoms with E-state index in [9.17, 15) is 9.59 Å². The SMILES string of the molecule is CNCc1ncc(C(=O)N2CCN(C(C)=O)CC2)o1. The molecule has 0 radical (unpaired) electrons. The average Bonchev–Trinajstić information content (AvgIpc) is 2.87. The van der Waals surface area contributed by atoms with E-state index in [0.29, 0.717) is 38.6 Å². The molecule has 1 aromatic rings. The summed E-state index contributed by atoms with van der Waals surface area (Å²) in [6.07, 6.45) is 1.45. The van der Waals surface area contributed by atoms with Crippen LogP contribution in [0.1, 0.15) is 23.4 Å². The Labute approximate surface area is 111 Å². The summed E-state index contributed by atoms with van der Waals surface area (Å²) in [6.45, 7) is 4.22. The van der Waals surface area contributed by atoms with Gasteiger partial charge in [0, 0.05) is 33.1 Å². The third-order valence-corrected chi connectivity index (χ3v) is 3.10. The third kappa shape index (κ3) is 3.11. The van der Waals surface area contributed by atoms with Crippen LogP contribution in [0.15, 0.2) is 10.6 Å². The minimum atomic E-state index is -0.168. The molecule has 2 rings (SSSR count). The van der Waals surface area contributed by atoms with Crippen molar-refractivity contribution in [2.75, 3.05) is 33.2 Å². The summed E-state index contributed by atoms with van der Waals surface area (Å²) in [4.78, 5) is 30.8. The van der Waals surface area contributed by atoms with Crippen LogP contribution >= 0.6 is 0 Å². The molecule has 0 aliphatic carbocycles. The minimum absolute atomic E-state index is 0.0445. The molecule has 1 aromatic heterocycles. The maximum Gasteiger partial charge on any atom is 0.291 e. The Morgan fingerprint density at radius 2 is 1.95 bits per heavy atom. The quantitative estimate of drug-likeness (QED) is 0.812. The van der Waals surface area contributed by atoms with E-state index in [-0.39, 0.29) is 17.6 Å². The normalized spacial score (nSPS) is 15.7. The first-order valence-electron chi connectivity index (χ1n) is 6.26. The fourth-order valence-electron chi connectivity index (χ4n) is 2.02. The summed E-state index contributed by atoms with van der Waals surface area (Å²) in [5.74, 6) is 0.621. The van der Waals surface area contributed by atoms with Crippen LogP contribution in [-0.4, -0.2) is 59.8 Å². The minimum Gasteiger partial charge on any atom is -0.434 e. The lowest BCUT2D eigenvalue weighted by molar-refractivity contribution is -0.130. The van der Waals surface area contributed by atoms with Gasteiger partial charge in [0.2, 0.25) is 17.6 Å². The summed E-state index contributed by atoms with van der Waals surface area (Å²) < 4.78 is 5.37. The number of rotatable bonds is 3. The number of piperazine rings is 1. The van der Waals surface area contributed by atoms with Crippen LogP contribution in [-0.2, 0) is 11.3 Å². The van der Waals surface area contributed by atoms with Crippen LogP contribution < -0.4 is 5.32 Å². The molecule has 2 heterocycles. The second-order valence-electron chi connectivity index (χ2n) is 4.45. The fourth-order valence-corrected chi connectivity index (χ4v) is 2.02. The molecule has 0 unspecified atom stereocenters. The first-order valence-corrected chi connectivity index (χ1v) is 6.26. The predicted octanol–water partition coefficient (Wildman–Crippen LogP) is -0.302. The van der Waals surface area contributed by atoms with Gasteiger partial charge in [-0.15, -0.1) is 0 Å². The zero-order valence-electron chi connectivity index (χ0n) is 11.2. The van der Waals surface area contributed by atoms with Gasteiger partial charge in [0.05, 0.1) is 12.7 Å². The maximum absolute atomic E-state index is 12.2. The average molecular weight is 266 g/mol. The van der Waals surface area contributed by atoms with Gasteiger partial charge in [-0.25, -0.2) is 4.98 Å². The highest BCUT2D eigenvalue weighted by Crippen LogP contribution is 2.10. The smallest absolute Gasteiger partial charge is 0.291 e. The number of hydrogen-bond acceptors (Lipinski definition) is 5. The Morgan fingerprint density at radius 3 is 2.53 bits per heavy atom. The van der Waals surface area contributed by atoms with E-state index in [2.05, 4.69) is 10.3 Å². The number of nitrogens with zero attached hydrogens (tertiary/aromatic N) is 3. The Balaban J connectivity index is 1.95. The van der Waals surface area contributed by atoms with Crippen molar-refractivity contribution in [3.8, 4) is 0 Å². The highest BCUT2D eigenvalue weighted by Gasteiger charge is 2.25. The standard InChI is InChI=1S/C12H18N4O3/c1-9(17)15-3-5-16(6-4-15)12(18)10-7-14-11(19-10)8-13-2/h7,13H,3-6,8H2,1-2H3. The molecule has 2 amide bonds. The van der Waals surface area contributed by atoms with Crippen LogP contribution in [0.4, 0.5) is 0 Å². The van der Waals surface area contributed by atoms with Crippen LogP contribution in [0, 0.1) is 0 Å². The van der Waals surface area contributed by atoms with Crippen LogP contribution in [0.25, 0.3) is 0 Å². The molecule has 19 heavy (non-hydrogen) atoms. The Morgan fingerprint density at radius 1 is 1.32 bits per heavy atom. The number of carbonyl (C=O) groups is 2. The van der Waals surface area contributed by atoms with Gasteiger partial charge in [0.15, 0.2) is 0 Å². The van der Waals surface area contributed by atoms with E-state index in [0.717, 1.165) is 0 Å². The highest BCUT2D eigenvalue weighted by molar-refractivity contribution is 5.91. The topological polar surface area (TPSA) is 78.7 Å². The number of carbonyl (C=O) groups excluding carboxylic acids is 2. The van der Waals surface area contributed by atoms with E-state index in [4.69, 9.17) is 4.42 Å². The van der Waals surface area contributed by atoms with Gasteiger partial charge in [0.25, 0.3) is 5.91 Å². The van der Waals surface area contributed by atoms with E-state index >= 15 is 0 Å². The lowest BCUT2D eigenvalue weighted by atomic mass is 10.3. The Bertz CT molecular complexity index is 463. The lowest BCUT2D eigenvalue weighted by Gasteiger charge is -2.33. The number of hydrogen-bond donors (Lipinski definition) is 1. The Kier molecular flexibility index (Phi) is 4.16. The van der Waals surface area contributed by atoms with Gasteiger partial charge < -0.3 is 19.5 Å². The largest absolute Gasteiger partial charge is 0.434 e. The van der Waals surface area contributed by atoms with Gasteiger partial charge in [-0.1, -0.05) is 0 Å². The van der Waals surface area contributed by atoms with Crippen LogP contribution in [0.3, 0.4) is 0 Å². The molecule has 0 bridgehead atoms. The third-order valence-electron chi connectivity index (χ3n) is 3.10. The molecular formula is C12H18N4O3. The summed E-state index contributed by atoms with van der Waals surface area (Å²) in [5, 5.41) is 2.91. The highest BCUT2D eigenvalue weighted by atomic mass is 16.4. The summed E-state index contributed by atoms with van der Waals surface area (Å²) in [7, 11) is 1.78. The molecule has 7 nitrogen and oxygen atoms in total. The van der Waals surface area contributed by atoms with Gasteiger partial charge in [0.1, 0.15) is 0 Å². The van der Waals surface area contributed by atoms with Gasteiger partial charge in [-0.2, -0.15) is 0 Å². The first kappa shape index (κ1) is 13.5. The molecule has 1 saturated heterocycles. The molecule has 1 fully saturated rings. The van der Waals surface area contributed by atoms with E-state index in [1.165, 1.54) is 13.1 Å². The molecule has 0 saturated carbocycles. The predicted molar refractivity (Wildman–Crippen MR) is 67.4 cm³/mol. The van der Waals surface area contributed by atoms with Crippen molar-refractivity contribution in [1.82, 2.24) is 20.1 Å². The molecule has 1 aliphatic rings.